The zero-order valence-corrected chi connectivity index (χ0v) is 11.9. The number of nitrogens with one attached hydrogen (secondary N) is 1. The van der Waals surface area contributed by atoms with Crippen molar-refractivity contribution in [2.75, 3.05) is 11.1 Å². The molecule has 0 unspecified atom stereocenters. The topological polar surface area (TPSA) is 68.8 Å². The first-order valence-corrected chi connectivity index (χ1v) is 6.78. The number of aryl methyl sites for hydroxylation is 3. The molecule has 0 atom stereocenters. The Morgan fingerprint density at radius 2 is 2.05 bits per heavy atom. The molecule has 98 valence electrons. The van der Waals surface area contributed by atoms with Gasteiger partial charge in [0.2, 0.25) is 0 Å². The van der Waals surface area contributed by atoms with Crippen LogP contribution in [0.25, 0.3) is 10.2 Å². The van der Waals surface area contributed by atoms with Gasteiger partial charge in [0.25, 0.3) is 0 Å². The highest BCUT2D eigenvalue weighted by Crippen LogP contribution is 2.32. The second-order valence-electron chi connectivity index (χ2n) is 4.57. The SMILES string of the molecule is Cc1nc2cc(Nc3cn(C)nc3C)c(N)cc2s1. The van der Waals surface area contributed by atoms with E-state index in [4.69, 9.17) is 5.73 Å². The maximum absolute atomic E-state index is 6.09. The number of anilines is 3. The van der Waals surface area contributed by atoms with Crippen LogP contribution < -0.4 is 11.1 Å². The molecule has 5 nitrogen and oxygen atoms in total. The van der Waals surface area contributed by atoms with Crippen LogP contribution in [0, 0.1) is 13.8 Å². The van der Waals surface area contributed by atoms with Gasteiger partial charge >= 0.3 is 0 Å². The van der Waals surface area contributed by atoms with E-state index in [2.05, 4.69) is 15.4 Å². The number of fused-ring (bicyclic) bond motifs is 1. The highest BCUT2D eigenvalue weighted by Gasteiger charge is 2.09. The minimum Gasteiger partial charge on any atom is -0.397 e. The number of hydrogen-bond donors (Lipinski definition) is 2. The first-order valence-electron chi connectivity index (χ1n) is 5.97. The van der Waals surface area contributed by atoms with Crippen LogP contribution in [0.1, 0.15) is 10.7 Å². The summed E-state index contributed by atoms with van der Waals surface area (Å²) in [7, 11) is 1.90. The van der Waals surface area contributed by atoms with Crippen LogP contribution in [-0.4, -0.2) is 14.8 Å². The standard InChI is InChI=1S/C13H15N5S/c1-7-12(6-18(3)17-7)16-10-5-11-13(4-9(10)14)19-8(2)15-11/h4-6,16H,14H2,1-3H3. The van der Waals surface area contributed by atoms with Crippen molar-refractivity contribution >= 4 is 38.6 Å². The Balaban J connectivity index is 2.04. The molecule has 2 heterocycles. The van der Waals surface area contributed by atoms with Crippen LogP contribution in [0.3, 0.4) is 0 Å². The smallest absolute Gasteiger partial charge is 0.0907 e. The summed E-state index contributed by atoms with van der Waals surface area (Å²) in [4.78, 5) is 4.49. The first kappa shape index (κ1) is 12.0. The number of thiazole rings is 1. The number of rotatable bonds is 2. The normalized spacial score (nSPS) is 11.1. The van der Waals surface area contributed by atoms with Crippen LogP contribution in [0.4, 0.5) is 17.1 Å². The summed E-state index contributed by atoms with van der Waals surface area (Å²) in [5, 5.41) is 8.67. The third-order valence-corrected chi connectivity index (χ3v) is 3.88. The second-order valence-corrected chi connectivity index (χ2v) is 5.80. The fourth-order valence-electron chi connectivity index (χ4n) is 2.08. The summed E-state index contributed by atoms with van der Waals surface area (Å²) in [6.45, 7) is 3.96. The predicted octanol–water partition coefficient (Wildman–Crippen LogP) is 2.97. The van der Waals surface area contributed by atoms with Gasteiger partial charge in [-0.2, -0.15) is 5.10 Å². The molecule has 0 radical (unpaired) electrons. The Hall–Kier alpha value is -2.08. The van der Waals surface area contributed by atoms with Gasteiger partial charge in [-0.15, -0.1) is 11.3 Å². The molecule has 3 rings (SSSR count). The van der Waals surface area contributed by atoms with Gasteiger partial charge in [0.1, 0.15) is 0 Å². The zero-order chi connectivity index (χ0) is 13.6. The van der Waals surface area contributed by atoms with Crippen LogP contribution in [0.2, 0.25) is 0 Å². The van der Waals surface area contributed by atoms with Crippen molar-refractivity contribution in [3.05, 3.63) is 29.0 Å². The van der Waals surface area contributed by atoms with E-state index in [0.29, 0.717) is 0 Å². The molecule has 6 heteroatoms. The van der Waals surface area contributed by atoms with Crippen molar-refractivity contribution in [3.8, 4) is 0 Å². The molecular formula is C13H15N5S. The first-order chi connectivity index (χ1) is 9.02. The number of nitrogens with zero attached hydrogens (tertiary/aromatic N) is 3. The van der Waals surface area contributed by atoms with E-state index in [1.807, 2.05) is 39.2 Å². The van der Waals surface area contributed by atoms with E-state index >= 15 is 0 Å². The lowest BCUT2D eigenvalue weighted by molar-refractivity contribution is 0.756. The van der Waals surface area contributed by atoms with E-state index in [9.17, 15) is 0 Å². The Labute approximate surface area is 115 Å². The highest BCUT2D eigenvalue weighted by molar-refractivity contribution is 7.18. The molecule has 0 amide bonds. The molecule has 19 heavy (non-hydrogen) atoms. The summed E-state index contributed by atoms with van der Waals surface area (Å²) in [6, 6.07) is 3.95. The molecule has 0 spiro atoms. The molecule has 0 saturated heterocycles. The van der Waals surface area contributed by atoms with Crippen LogP contribution in [0.5, 0.6) is 0 Å². The van der Waals surface area contributed by atoms with Gasteiger partial charge in [-0.1, -0.05) is 0 Å². The summed E-state index contributed by atoms with van der Waals surface area (Å²) in [6.07, 6.45) is 1.94. The molecule has 0 aliphatic rings. The fourth-order valence-corrected chi connectivity index (χ4v) is 2.94. The maximum atomic E-state index is 6.09. The molecular weight excluding hydrogens is 258 g/mol. The van der Waals surface area contributed by atoms with Crippen molar-refractivity contribution in [2.45, 2.75) is 13.8 Å². The summed E-state index contributed by atoms with van der Waals surface area (Å²) in [5.74, 6) is 0. The molecule has 0 aliphatic heterocycles. The van der Waals surface area contributed by atoms with E-state index < -0.39 is 0 Å². The lowest BCUT2D eigenvalue weighted by atomic mass is 10.2. The lowest BCUT2D eigenvalue weighted by Crippen LogP contribution is -1.96. The van der Waals surface area contributed by atoms with Crippen LogP contribution in [0.15, 0.2) is 18.3 Å². The van der Waals surface area contributed by atoms with E-state index in [1.165, 1.54) is 0 Å². The van der Waals surface area contributed by atoms with Crippen LogP contribution in [-0.2, 0) is 7.05 Å². The van der Waals surface area contributed by atoms with Gasteiger partial charge in [0.05, 0.1) is 38.0 Å². The molecule has 0 bridgehead atoms. The molecule has 0 saturated carbocycles. The van der Waals surface area contributed by atoms with Crippen molar-refractivity contribution in [2.24, 2.45) is 7.05 Å². The van der Waals surface area contributed by atoms with Crippen molar-refractivity contribution in [1.29, 1.82) is 0 Å². The van der Waals surface area contributed by atoms with Gasteiger partial charge in [-0.3, -0.25) is 4.68 Å². The van der Waals surface area contributed by atoms with Crippen molar-refractivity contribution in [3.63, 3.8) is 0 Å². The van der Waals surface area contributed by atoms with E-state index in [1.54, 1.807) is 16.0 Å². The van der Waals surface area contributed by atoms with Crippen molar-refractivity contribution in [1.82, 2.24) is 14.8 Å². The third kappa shape index (κ3) is 2.15. The summed E-state index contributed by atoms with van der Waals surface area (Å²) < 4.78 is 2.89. The summed E-state index contributed by atoms with van der Waals surface area (Å²) in [5.41, 5.74) is 10.6. The van der Waals surface area contributed by atoms with Gasteiger partial charge in [0, 0.05) is 13.2 Å². The number of aromatic nitrogens is 3. The zero-order valence-electron chi connectivity index (χ0n) is 11.1. The maximum Gasteiger partial charge on any atom is 0.0907 e. The third-order valence-electron chi connectivity index (χ3n) is 2.95. The monoisotopic (exact) mass is 273 g/mol. The second kappa shape index (κ2) is 4.24. The molecule has 0 aliphatic carbocycles. The van der Waals surface area contributed by atoms with Gasteiger partial charge in [-0.05, 0) is 26.0 Å². The predicted molar refractivity (Wildman–Crippen MR) is 80.0 cm³/mol. The minimum absolute atomic E-state index is 0.722. The van der Waals surface area contributed by atoms with Gasteiger partial charge in [0.15, 0.2) is 0 Å². The average Bonchev–Trinajstić information content (AvgIpc) is 2.81. The largest absolute Gasteiger partial charge is 0.397 e. The van der Waals surface area contributed by atoms with Crippen LogP contribution >= 0.6 is 11.3 Å². The number of hydrogen-bond acceptors (Lipinski definition) is 5. The number of nitrogen functional groups attached to an aromatic ring is 1. The number of benzene rings is 1. The Morgan fingerprint density at radius 1 is 1.26 bits per heavy atom. The molecule has 1 aromatic carbocycles. The minimum atomic E-state index is 0.722. The summed E-state index contributed by atoms with van der Waals surface area (Å²) >= 11 is 1.65. The Kier molecular flexibility index (Phi) is 2.67. The number of nitrogens with two attached hydrogens (primary N) is 1. The van der Waals surface area contributed by atoms with E-state index in [0.717, 1.165) is 38.0 Å². The molecule has 2 aromatic heterocycles. The molecule has 3 aromatic rings. The average molecular weight is 273 g/mol. The quantitative estimate of drug-likeness (QED) is 0.704. The molecule has 0 fully saturated rings. The Bertz CT molecular complexity index is 756. The molecule has 3 N–H and O–H groups in total. The van der Waals surface area contributed by atoms with Gasteiger partial charge in [-0.25, -0.2) is 4.98 Å². The van der Waals surface area contributed by atoms with Crippen molar-refractivity contribution < 1.29 is 0 Å². The fraction of sp³-hybridized carbons (Fsp3) is 0.231. The van der Waals surface area contributed by atoms with E-state index in [-0.39, 0.29) is 0 Å². The highest BCUT2D eigenvalue weighted by atomic mass is 32.1. The lowest BCUT2D eigenvalue weighted by Gasteiger charge is -2.08. The Morgan fingerprint density at radius 3 is 2.74 bits per heavy atom. The van der Waals surface area contributed by atoms with Gasteiger partial charge < -0.3 is 11.1 Å².